The van der Waals surface area contributed by atoms with Crippen molar-refractivity contribution in [2.75, 3.05) is 0 Å². The largest absolute Gasteiger partial charge is 0.159 e. The van der Waals surface area contributed by atoms with Crippen LogP contribution in [0.3, 0.4) is 0 Å². The minimum Gasteiger partial charge on any atom is -0.159 e. The number of hydrogen-bond acceptors (Lipinski definition) is 2. The lowest BCUT2D eigenvalue weighted by atomic mass is 9.88. The molecule has 0 N–H and O–H groups in total. The fraction of sp³-hybridized carbons (Fsp3) is 0.286. The Morgan fingerprint density at radius 3 is 3.06 bits per heavy atom. The third-order valence-corrected chi connectivity index (χ3v) is 3.23. The molecule has 0 bridgehead atoms. The fourth-order valence-corrected chi connectivity index (χ4v) is 2.41. The molecule has 0 radical (unpaired) electrons. The van der Waals surface area contributed by atoms with Gasteiger partial charge in [0, 0.05) is 11.3 Å². The number of allylic oxidation sites excluding steroid dienone is 2. The molecule has 80 valence electrons. The van der Waals surface area contributed by atoms with Gasteiger partial charge in [0.05, 0.1) is 11.7 Å². The summed E-state index contributed by atoms with van der Waals surface area (Å²) >= 11 is 0. The van der Waals surface area contributed by atoms with Gasteiger partial charge in [-0.2, -0.15) is 10.2 Å². The molecule has 2 heteroatoms. The molecule has 1 atom stereocenters. The first-order chi connectivity index (χ1) is 7.95. The smallest absolute Gasteiger partial charge is 0.0967 e. The third-order valence-electron chi connectivity index (χ3n) is 3.23. The normalized spacial score (nSPS) is 20.1. The van der Waals surface area contributed by atoms with Crippen molar-refractivity contribution in [1.29, 1.82) is 0 Å². The van der Waals surface area contributed by atoms with Gasteiger partial charge in [-0.05, 0) is 30.9 Å². The highest BCUT2D eigenvalue weighted by atomic mass is 15.1. The molecule has 2 nitrogen and oxygen atoms in total. The molecule has 1 aliphatic rings. The van der Waals surface area contributed by atoms with Gasteiger partial charge in [0.15, 0.2) is 0 Å². The van der Waals surface area contributed by atoms with Crippen LogP contribution < -0.4 is 0 Å². The number of rotatable bonds is 1. The van der Waals surface area contributed by atoms with Crippen molar-refractivity contribution in [1.82, 2.24) is 10.2 Å². The standard InChI is InChI=1S/C14H14N2/c1-2-5-11(6-3-1)13-8-4-7-12-9-10-15-16-14(12)13/h2,4-5,7-11H,1,3,6H2. The first-order valence-corrected chi connectivity index (χ1v) is 5.82. The van der Waals surface area contributed by atoms with E-state index in [2.05, 4.69) is 40.5 Å². The summed E-state index contributed by atoms with van der Waals surface area (Å²) in [6.07, 6.45) is 10.1. The van der Waals surface area contributed by atoms with Crippen molar-refractivity contribution >= 4 is 10.9 Å². The van der Waals surface area contributed by atoms with Crippen LogP contribution in [0.1, 0.15) is 30.7 Å². The van der Waals surface area contributed by atoms with E-state index >= 15 is 0 Å². The molecule has 0 fully saturated rings. The molecule has 2 aromatic rings. The lowest BCUT2D eigenvalue weighted by Crippen LogP contribution is -2.01. The van der Waals surface area contributed by atoms with Crippen LogP contribution in [0.25, 0.3) is 10.9 Å². The zero-order chi connectivity index (χ0) is 10.8. The van der Waals surface area contributed by atoms with E-state index in [4.69, 9.17) is 0 Å². The maximum Gasteiger partial charge on any atom is 0.0967 e. The highest BCUT2D eigenvalue weighted by Crippen LogP contribution is 2.31. The molecular formula is C14H14N2. The Morgan fingerprint density at radius 1 is 1.19 bits per heavy atom. The van der Waals surface area contributed by atoms with E-state index in [1.165, 1.54) is 30.2 Å². The van der Waals surface area contributed by atoms with Gasteiger partial charge in [-0.1, -0.05) is 30.4 Å². The summed E-state index contributed by atoms with van der Waals surface area (Å²) in [5.74, 6) is 0.522. The molecule has 0 spiro atoms. The molecule has 1 aromatic carbocycles. The van der Waals surface area contributed by atoms with Gasteiger partial charge in [0.25, 0.3) is 0 Å². The zero-order valence-electron chi connectivity index (χ0n) is 9.13. The van der Waals surface area contributed by atoms with E-state index in [1.54, 1.807) is 6.20 Å². The molecule has 0 aliphatic heterocycles. The Kier molecular flexibility index (Phi) is 2.41. The predicted octanol–water partition coefficient (Wildman–Crippen LogP) is 3.45. The SMILES string of the molecule is C1=CC(c2cccc3ccnnc23)CCC1. The lowest BCUT2D eigenvalue weighted by Gasteiger charge is -2.17. The molecule has 1 unspecified atom stereocenters. The maximum absolute atomic E-state index is 4.27. The van der Waals surface area contributed by atoms with Crippen LogP contribution in [0.15, 0.2) is 42.6 Å². The summed E-state index contributed by atoms with van der Waals surface area (Å²) in [6.45, 7) is 0. The number of benzene rings is 1. The second kappa shape index (κ2) is 4.05. The van der Waals surface area contributed by atoms with Crippen molar-refractivity contribution in [2.45, 2.75) is 25.2 Å². The van der Waals surface area contributed by atoms with Crippen LogP contribution in [-0.2, 0) is 0 Å². The van der Waals surface area contributed by atoms with Crippen LogP contribution in [-0.4, -0.2) is 10.2 Å². The van der Waals surface area contributed by atoms with E-state index in [0.29, 0.717) is 5.92 Å². The molecular weight excluding hydrogens is 196 g/mol. The van der Waals surface area contributed by atoms with Gasteiger partial charge in [-0.15, -0.1) is 0 Å². The van der Waals surface area contributed by atoms with Crippen LogP contribution >= 0.6 is 0 Å². The average Bonchev–Trinajstić information content (AvgIpc) is 2.39. The van der Waals surface area contributed by atoms with Crippen molar-refractivity contribution in [3.05, 3.63) is 48.2 Å². The first kappa shape index (κ1) is 9.52. The van der Waals surface area contributed by atoms with Crippen molar-refractivity contribution in [2.24, 2.45) is 0 Å². The fourth-order valence-electron chi connectivity index (χ4n) is 2.41. The minimum atomic E-state index is 0.522. The highest BCUT2D eigenvalue weighted by Gasteiger charge is 2.14. The average molecular weight is 210 g/mol. The van der Waals surface area contributed by atoms with E-state index in [-0.39, 0.29) is 0 Å². The van der Waals surface area contributed by atoms with Gasteiger partial charge < -0.3 is 0 Å². The summed E-state index contributed by atoms with van der Waals surface area (Å²) in [4.78, 5) is 0. The van der Waals surface area contributed by atoms with E-state index < -0.39 is 0 Å². The van der Waals surface area contributed by atoms with Crippen LogP contribution in [0.5, 0.6) is 0 Å². The van der Waals surface area contributed by atoms with Gasteiger partial charge in [-0.3, -0.25) is 0 Å². The van der Waals surface area contributed by atoms with Gasteiger partial charge in [0.1, 0.15) is 0 Å². The number of aromatic nitrogens is 2. The molecule has 1 heterocycles. The lowest BCUT2D eigenvalue weighted by molar-refractivity contribution is 0.656. The molecule has 0 amide bonds. The van der Waals surface area contributed by atoms with E-state index in [1.807, 2.05) is 6.07 Å². The quantitative estimate of drug-likeness (QED) is 0.674. The topological polar surface area (TPSA) is 25.8 Å². The van der Waals surface area contributed by atoms with Crippen LogP contribution in [0.2, 0.25) is 0 Å². The van der Waals surface area contributed by atoms with Gasteiger partial charge >= 0.3 is 0 Å². The second-order valence-corrected chi connectivity index (χ2v) is 4.28. The van der Waals surface area contributed by atoms with Crippen LogP contribution in [0.4, 0.5) is 0 Å². The number of fused-ring (bicyclic) bond motifs is 1. The number of hydrogen-bond donors (Lipinski definition) is 0. The monoisotopic (exact) mass is 210 g/mol. The Labute approximate surface area is 95.0 Å². The molecule has 0 saturated carbocycles. The molecule has 16 heavy (non-hydrogen) atoms. The minimum absolute atomic E-state index is 0.522. The predicted molar refractivity (Wildman–Crippen MR) is 65.3 cm³/mol. The molecule has 1 aromatic heterocycles. The Morgan fingerprint density at radius 2 is 2.19 bits per heavy atom. The summed E-state index contributed by atoms with van der Waals surface area (Å²) < 4.78 is 0. The summed E-state index contributed by atoms with van der Waals surface area (Å²) in [7, 11) is 0. The Balaban J connectivity index is 2.15. The summed E-state index contributed by atoms with van der Waals surface area (Å²) in [5.41, 5.74) is 2.38. The Hall–Kier alpha value is -1.70. The number of nitrogens with zero attached hydrogens (tertiary/aromatic N) is 2. The van der Waals surface area contributed by atoms with Gasteiger partial charge in [0.2, 0.25) is 0 Å². The summed E-state index contributed by atoms with van der Waals surface area (Å²) in [5, 5.41) is 9.45. The maximum atomic E-state index is 4.27. The van der Waals surface area contributed by atoms with Crippen molar-refractivity contribution in [3.63, 3.8) is 0 Å². The molecule has 1 aliphatic carbocycles. The first-order valence-electron chi connectivity index (χ1n) is 5.82. The molecule has 3 rings (SSSR count). The third kappa shape index (κ3) is 1.60. The van der Waals surface area contributed by atoms with Gasteiger partial charge in [-0.25, -0.2) is 0 Å². The zero-order valence-corrected chi connectivity index (χ0v) is 9.13. The Bertz CT molecular complexity index is 526. The summed E-state index contributed by atoms with van der Waals surface area (Å²) in [6, 6.07) is 8.41. The molecule has 0 saturated heterocycles. The van der Waals surface area contributed by atoms with Crippen LogP contribution in [0, 0.1) is 0 Å². The second-order valence-electron chi connectivity index (χ2n) is 4.28. The highest BCUT2D eigenvalue weighted by molar-refractivity contribution is 5.81. The van der Waals surface area contributed by atoms with E-state index in [0.717, 1.165) is 5.52 Å². The van der Waals surface area contributed by atoms with Crippen molar-refractivity contribution in [3.8, 4) is 0 Å². The van der Waals surface area contributed by atoms with E-state index in [9.17, 15) is 0 Å². The van der Waals surface area contributed by atoms with Crippen molar-refractivity contribution < 1.29 is 0 Å².